The molecule has 1 amide bonds. The highest BCUT2D eigenvalue weighted by Crippen LogP contribution is 2.25. The molecule has 128 valence electrons. The second kappa shape index (κ2) is 7.43. The van der Waals surface area contributed by atoms with Crippen molar-refractivity contribution >= 4 is 11.6 Å². The van der Waals surface area contributed by atoms with Crippen molar-refractivity contribution in [3.8, 4) is 17.2 Å². The number of hydrogen-bond donors (Lipinski definition) is 1. The third kappa shape index (κ3) is 3.92. The zero-order valence-electron chi connectivity index (χ0n) is 13.8. The van der Waals surface area contributed by atoms with E-state index in [0.29, 0.717) is 17.2 Å². The number of ether oxygens (including phenoxy) is 2. The number of methoxy groups -OCH3 is 1. The van der Waals surface area contributed by atoms with Gasteiger partial charge in [0, 0.05) is 5.69 Å². The van der Waals surface area contributed by atoms with E-state index in [1.807, 2.05) is 31.2 Å². The first kappa shape index (κ1) is 16.4. The lowest BCUT2D eigenvalue weighted by molar-refractivity contribution is -0.118. The Balaban J connectivity index is 1.62. The Morgan fingerprint density at radius 3 is 2.68 bits per heavy atom. The Morgan fingerprint density at radius 2 is 2.00 bits per heavy atom. The number of para-hydroxylation sites is 2. The quantitative estimate of drug-likeness (QED) is 0.738. The molecular formula is C17H17N5O3. The summed E-state index contributed by atoms with van der Waals surface area (Å²) in [5, 5.41) is 13.9. The summed E-state index contributed by atoms with van der Waals surface area (Å²) in [5.74, 6) is 0.836. The minimum Gasteiger partial charge on any atom is -0.493 e. The molecule has 0 aliphatic rings. The van der Waals surface area contributed by atoms with Crippen LogP contribution in [0.3, 0.4) is 0 Å². The summed E-state index contributed by atoms with van der Waals surface area (Å²) in [6.45, 7) is 1.80. The second-order valence-corrected chi connectivity index (χ2v) is 5.24. The smallest absolute Gasteiger partial charge is 0.262 e. The van der Waals surface area contributed by atoms with E-state index < -0.39 is 0 Å². The van der Waals surface area contributed by atoms with E-state index in [0.717, 1.165) is 11.3 Å². The Kier molecular flexibility index (Phi) is 4.89. The highest BCUT2D eigenvalue weighted by atomic mass is 16.5. The molecule has 2 aromatic carbocycles. The topological polar surface area (TPSA) is 91.2 Å². The molecule has 0 fully saturated rings. The van der Waals surface area contributed by atoms with Crippen LogP contribution in [-0.4, -0.2) is 39.8 Å². The van der Waals surface area contributed by atoms with Crippen molar-refractivity contribution in [1.29, 1.82) is 0 Å². The number of nitrogens with one attached hydrogen (secondary N) is 1. The summed E-state index contributed by atoms with van der Waals surface area (Å²) in [6, 6.07) is 12.6. The minimum atomic E-state index is -0.263. The van der Waals surface area contributed by atoms with Crippen LogP contribution in [0.25, 0.3) is 5.69 Å². The third-order valence-electron chi connectivity index (χ3n) is 3.50. The van der Waals surface area contributed by atoms with E-state index in [9.17, 15) is 4.79 Å². The lowest BCUT2D eigenvalue weighted by Crippen LogP contribution is -2.20. The molecule has 0 unspecified atom stereocenters. The first-order valence-electron chi connectivity index (χ1n) is 7.57. The van der Waals surface area contributed by atoms with Crippen LogP contribution in [0.5, 0.6) is 11.5 Å². The van der Waals surface area contributed by atoms with Gasteiger partial charge in [-0.2, -0.15) is 0 Å². The van der Waals surface area contributed by atoms with Gasteiger partial charge in [0.05, 0.1) is 12.8 Å². The van der Waals surface area contributed by atoms with Crippen molar-refractivity contribution in [1.82, 2.24) is 20.2 Å². The van der Waals surface area contributed by atoms with Gasteiger partial charge >= 0.3 is 0 Å². The van der Waals surface area contributed by atoms with Crippen LogP contribution in [0.15, 0.2) is 48.8 Å². The molecule has 0 spiro atoms. The Bertz CT molecular complexity index is 864. The predicted molar refractivity (Wildman–Crippen MR) is 91.0 cm³/mol. The number of rotatable bonds is 6. The standard InChI is InChI=1S/C17H17N5O3/c1-12-9-13(7-8-14(12)22-11-18-20-21-22)19-17(23)10-25-16-6-4-3-5-15(16)24-2/h3-9,11H,10H2,1-2H3,(H,19,23). The molecule has 3 aromatic rings. The Morgan fingerprint density at radius 1 is 1.20 bits per heavy atom. The van der Waals surface area contributed by atoms with Crippen molar-refractivity contribution in [3.63, 3.8) is 0 Å². The maximum Gasteiger partial charge on any atom is 0.262 e. The fourth-order valence-corrected chi connectivity index (χ4v) is 2.34. The van der Waals surface area contributed by atoms with Gasteiger partial charge in [0.2, 0.25) is 0 Å². The Hall–Kier alpha value is -3.42. The van der Waals surface area contributed by atoms with Crippen LogP contribution >= 0.6 is 0 Å². The van der Waals surface area contributed by atoms with Crippen LogP contribution < -0.4 is 14.8 Å². The van der Waals surface area contributed by atoms with Gasteiger partial charge in [-0.15, -0.1) is 5.10 Å². The molecule has 0 aliphatic carbocycles. The molecule has 0 radical (unpaired) electrons. The second-order valence-electron chi connectivity index (χ2n) is 5.24. The molecule has 0 aliphatic heterocycles. The van der Waals surface area contributed by atoms with Crippen LogP contribution in [0.1, 0.15) is 5.56 Å². The van der Waals surface area contributed by atoms with E-state index in [2.05, 4.69) is 20.8 Å². The lowest BCUT2D eigenvalue weighted by Gasteiger charge is -2.11. The average Bonchev–Trinajstić information content (AvgIpc) is 3.14. The number of hydrogen-bond acceptors (Lipinski definition) is 6. The van der Waals surface area contributed by atoms with E-state index >= 15 is 0 Å². The molecule has 0 atom stereocenters. The zero-order chi connectivity index (χ0) is 17.6. The number of anilines is 1. The van der Waals surface area contributed by atoms with E-state index in [4.69, 9.17) is 9.47 Å². The summed E-state index contributed by atoms with van der Waals surface area (Å²) in [5.41, 5.74) is 2.44. The van der Waals surface area contributed by atoms with Crippen LogP contribution in [-0.2, 0) is 4.79 Å². The molecule has 1 N–H and O–H groups in total. The number of nitrogens with zero attached hydrogens (tertiary/aromatic N) is 4. The number of tetrazole rings is 1. The van der Waals surface area contributed by atoms with Gasteiger partial charge in [-0.1, -0.05) is 12.1 Å². The summed E-state index contributed by atoms with van der Waals surface area (Å²) in [6.07, 6.45) is 1.52. The number of carbonyl (C=O) groups excluding carboxylic acids is 1. The summed E-state index contributed by atoms with van der Waals surface area (Å²) < 4.78 is 12.3. The lowest BCUT2D eigenvalue weighted by atomic mass is 10.2. The van der Waals surface area contributed by atoms with Crippen LogP contribution in [0.2, 0.25) is 0 Å². The molecule has 1 heterocycles. The van der Waals surface area contributed by atoms with Crippen molar-refractivity contribution < 1.29 is 14.3 Å². The highest BCUT2D eigenvalue weighted by Gasteiger charge is 2.09. The monoisotopic (exact) mass is 339 g/mol. The summed E-state index contributed by atoms with van der Waals surface area (Å²) >= 11 is 0. The molecule has 8 heteroatoms. The van der Waals surface area contributed by atoms with Gasteiger partial charge in [0.15, 0.2) is 18.1 Å². The molecule has 1 aromatic heterocycles. The van der Waals surface area contributed by atoms with Gasteiger partial charge in [-0.25, -0.2) is 4.68 Å². The largest absolute Gasteiger partial charge is 0.493 e. The number of benzene rings is 2. The third-order valence-corrected chi connectivity index (χ3v) is 3.50. The first-order chi connectivity index (χ1) is 12.2. The number of aromatic nitrogens is 4. The summed E-state index contributed by atoms with van der Waals surface area (Å²) in [7, 11) is 1.55. The van der Waals surface area contributed by atoms with E-state index in [1.54, 1.807) is 30.0 Å². The van der Waals surface area contributed by atoms with Crippen LogP contribution in [0, 0.1) is 6.92 Å². The van der Waals surface area contributed by atoms with Crippen molar-refractivity contribution in [2.45, 2.75) is 6.92 Å². The molecule has 3 rings (SSSR count). The normalized spacial score (nSPS) is 10.3. The van der Waals surface area contributed by atoms with Crippen molar-refractivity contribution in [3.05, 3.63) is 54.4 Å². The molecule has 0 saturated heterocycles. The molecule has 8 nitrogen and oxygen atoms in total. The van der Waals surface area contributed by atoms with Crippen molar-refractivity contribution in [2.24, 2.45) is 0 Å². The molecule has 0 bridgehead atoms. The number of amides is 1. The summed E-state index contributed by atoms with van der Waals surface area (Å²) in [4.78, 5) is 12.1. The zero-order valence-corrected chi connectivity index (χ0v) is 13.8. The molecule has 0 saturated carbocycles. The fraction of sp³-hybridized carbons (Fsp3) is 0.176. The number of aryl methyl sites for hydroxylation is 1. The fourth-order valence-electron chi connectivity index (χ4n) is 2.34. The van der Waals surface area contributed by atoms with Gasteiger partial charge < -0.3 is 14.8 Å². The average molecular weight is 339 g/mol. The maximum absolute atomic E-state index is 12.1. The maximum atomic E-state index is 12.1. The minimum absolute atomic E-state index is 0.117. The van der Waals surface area contributed by atoms with Gasteiger partial charge in [-0.3, -0.25) is 4.79 Å². The first-order valence-corrected chi connectivity index (χ1v) is 7.57. The Labute approximate surface area is 144 Å². The highest BCUT2D eigenvalue weighted by molar-refractivity contribution is 5.92. The SMILES string of the molecule is COc1ccccc1OCC(=O)Nc1ccc(-n2cnnn2)c(C)c1. The van der Waals surface area contributed by atoms with Gasteiger partial charge in [0.1, 0.15) is 6.33 Å². The van der Waals surface area contributed by atoms with E-state index in [-0.39, 0.29) is 12.5 Å². The van der Waals surface area contributed by atoms with E-state index in [1.165, 1.54) is 6.33 Å². The van der Waals surface area contributed by atoms with Gasteiger partial charge in [-0.05, 0) is 53.2 Å². The predicted octanol–water partition coefficient (Wildman–Crippen LogP) is 2.00. The molecule has 25 heavy (non-hydrogen) atoms. The van der Waals surface area contributed by atoms with Crippen LogP contribution in [0.4, 0.5) is 5.69 Å². The number of carbonyl (C=O) groups is 1. The van der Waals surface area contributed by atoms with Crippen molar-refractivity contribution in [2.75, 3.05) is 19.0 Å². The van der Waals surface area contributed by atoms with Gasteiger partial charge in [0.25, 0.3) is 5.91 Å². The molecular weight excluding hydrogens is 322 g/mol.